The number of aliphatic carboxylic acids is 2. The Labute approximate surface area is 142 Å². The Hall–Kier alpha value is -2.34. The second-order valence-electron chi connectivity index (χ2n) is 4.85. The molecule has 0 saturated heterocycles. The lowest BCUT2D eigenvalue weighted by Crippen LogP contribution is -2.55. The van der Waals surface area contributed by atoms with E-state index in [0.29, 0.717) is 0 Å². The quantitative estimate of drug-likeness (QED) is 0.188. The van der Waals surface area contributed by atoms with Crippen molar-refractivity contribution in [3.63, 3.8) is 0 Å². The first-order valence-electron chi connectivity index (χ1n) is 6.78. The van der Waals surface area contributed by atoms with Gasteiger partial charge in [0.05, 0.1) is 12.5 Å². The van der Waals surface area contributed by atoms with Crippen molar-refractivity contribution in [1.29, 1.82) is 0 Å². The summed E-state index contributed by atoms with van der Waals surface area (Å²) in [6, 6.07) is -3.98. The lowest BCUT2D eigenvalue weighted by Gasteiger charge is -2.21. The Morgan fingerprint density at radius 2 is 1.54 bits per heavy atom. The van der Waals surface area contributed by atoms with Crippen LogP contribution in [0.4, 0.5) is 0 Å². The molecule has 136 valence electrons. The fraction of sp³-hybridized carbons (Fsp3) is 0.583. The Morgan fingerprint density at radius 3 is 1.96 bits per heavy atom. The Kier molecular flexibility index (Phi) is 9.42. The molecule has 3 unspecified atom stereocenters. The van der Waals surface area contributed by atoms with Crippen LogP contribution in [0.25, 0.3) is 0 Å². The van der Waals surface area contributed by atoms with Crippen LogP contribution in [-0.2, 0) is 24.0 Å². The fourth-order valence-electron chi connectivity index (χ4n) is 1.56. The molecule has 8 N–H and O–H groups in total. The topological polar surface area (TPSA) is 202 Å². The number of nitrogens with one attached hydrogen (secondary N) is 2. The highest BCUT2D eigenvalue weighted by Gasteiger charge is 2.28. The van der Waals surface area contributed by atoms with Crippen molar-refractivity contribution >= 4 is 42.3 Å². The highest BCUT2D eigenvalue weighted by Crippen LogP contribution is 2.00. The molecule has 3 amide bonds. The highest BCUT2D eigenvalue weighted by molar-refractivity contribution is 7.80. The number of carboxylic acid groups (broad SMARTS) is 2. The van der Waals surface area contributed by atoms with Gasteiger partial charge in [-0.3, -0.25) is 19.2 Å². The average Bonchev–Trinajstić information content (AvgIpc) is 2.48. The van der Waals surface area contributed by atoms with Gasteiger partial charge < -0.3 is 32.3 Å². The molecule has 12 heteroatoms. The SMILES string of the molecule is NC(=O)CC(NC(=O)C(N)CCC(=O)O)C(=O)NC(CS)C(=O)O. The summed E-state index contributed by atoms with van der Waals surface area (Å²) in [5.41, 5.74) is 10.5. The maximum absolute atomic E-state index is 12.0. The van der Waals surface area contributed by atoms with Crippen LogP contribution in [0.5, 0.6) is 0 Å². The molecule has 0 aromatic heterocycles. The van der Waals surface area contributed by atoms with Gasteiger partial charge in [0.2, 0.25) is 17.7 Å². The summed E-state index contributed by atoms with van der Waals surface area (Å²) < 4.78 is 0. The number of hydrogen-bond donors (Lipinski definition) is 7. The molecule has 24 heavy (non-hydrogen) atoms. The van der Waals surface area contributed by atoms with E-state index >= 15 is 0 Å². The number of primary amides is 1. The van der Waals surface area contributed by atoms with Gasteiger partial charge in [-0.15, -0.1) is 0 Å². The number of carboxylic acids is 2. The molecular formula is C12H20N4O7S. The van der Waals surface area contributed by atoms with E-state index in [9.17, 15) is 24.0 Å². The Balaban J connectivity index is 4.90. The Bertz CT molecular complexity index is 514. The zero-order chi connectivity index (χ0) is 18.9. The molecule has 0 saturated carbocycles. The smallest absolute Gasteiger partial charge is 0.327 e. The average molecular weight is 364 g/mol. The zero-order valence-electron chi connectivity index (χ0n) is 12.6. The number of nitrogens with two attached hydrogens (primary N) is 2. The van der Waals surface area contributed by atoms with Crippen LogP contribution < -0.4 is 22.1 Å². The number of thiol groups is 1. The number of carbonyl (C=O) groups excluding carboxylic acids is 3. The van der Waals surface area contributed by atoms with Gasteiger partial charge in [0.1, 0.15) is 12.1 Å². The maximum atomic E-state index is 12.0. The summed E-state index contributed by atoms with van der Waals surface area (Å²) in [5, 5.41) is 21.6. The van der Waals surface area contributed by atoms with Crippen molar-refractivity contribution in [2.75, 3.05) is 5.75 Å². The van der Waals surface area contributed by atoms with Crippen LogP contribution in [0.2, 0.25) is 0 Å². The number of amides is 3. The van der Waals surface area contributed by atoms with Crippen LogP contribution in [0.1, 0.15) is 19.3 Å². The molecule has 0 aromatic rings. The fourth-order valence-corrected chi connectivity index (χ4v) is 1.80. The molecule has 0 aliphatic carbocycles. The summed E-state index contributed by atoms with van der Waals surface area (Å²) in [4.78, 5) is 56.2. The second-order valence-corrected chi connectivity index (χ2v) is 5.22. The van der Waals surface area contributed by atoms with Crippen molar-refractivity contribution in [1.82, 2.24) is 10.6 Å². The predicted octanol–water partition coefficient (Wildman–Crippen LogP) is -2.96. The van der Waals surface area contributed by atoms with Gasteiger partial charge in [0.25, 0.3) is 0 Å². The molecule has 0 aromatic carbocycles. The third-order valence-electron chi connectivity index (χ3n) is 2.84. The van der Waals surface area contributed by atoms with Crippen LogP contribution in [0.3, 0.4) is 0 Å². The Morgan fingerprint density at radius 1 is 1.00 bits per heavy atom. The van der Waals surface area contributed by atoms with E-state index in [1.54, 1.807) is 0 Å². The van der Waals surface area contributed by atoms with E-state index in [0.717, 1.165) is 0 Å². The molecule has 3 atom stereocenters. The third kappa shape index (κ3) is 8.33. The second kappa shape index (κ2) is 10.4. The molecule has 11 nitrogen and oxygen atoms in total. The van der Waals surface area contributed by atoms with Gasteiger partial charge in [-0.05, 0) is 6.42 Å². The summed E-state index contributed by atoms with van der Waals surface area (Å²) in [6.07, 6.45) is -1.12. The van der Waals surface area contributed by atoms with Crippen molar-refractivity contribution in [3.05, 3.63) is 0 Å². The summed E-state index contributed by atoms with van der Waals surface area (Å²) >= 11 is 3.77. The van der Waals surface area contributed by atoms with E-state index < -0.39 is 54.2 Å². The zero-order valence-corrected chi connectivity index (χ0v) is 13.5. The largest absolute Gasteiger partial charge is 0.481 e. The highest BCUT2D eigenvalue weighted by atomic mass is 32.1. The van der Waals surface area contributed by atoms with Crippen LogP contribution in [-0.4, -0.2) is 63.8 Å². The molecule has 0 bridgehead atoms. The molecule has 0 aliphatic heterocycles. The molecule has 0 aliphatic rings. The van der Waals surface area contributed by atoms with E-state index in [-0.39, 0.29) is 18.6 Å². The van der Waals surface area contributed by atoms with Crippen LogP contribution >= 0.6 is 12.6 Å². The molecule has 0 radical (unpaired) electrons. The summed E-state index contributed by atoms with van der Waals surface area (Å²) in [6.45, 7) is 0. The number of carbonyl (C=O) groups is 5. The van der Waals surface area contributed by atoms with E-state index in [1.807, 2.05) is 0 Å². The molecule has 0 heterocycles. The molecular weight excluding hydrogens is 344 g/mol. The van der Waals surface area contributed by atoms with Gasteiger partial charge >= 0.3 is 11.9 Å². The molecule has 0 spiro atoms. The predicted molar refractivity (Wildman–Crippen MR) is 84.0 cm³/mol. The third-order valence-corrected chi connectivity index (χ3v) is 3.21. The summed E-state index contributed by atoms with van der Waals surface area (Å²) in [7, 11) is 0. The van der Waals surface area contributed by atoms with Crippen molar-refractivity contribution in [2.24, 2.45) is 11.5 Å². The van der Waals surface area contributed by atoms with Crippen molar-refractivity contribution < 1.29 is 34.2 Å². The van der Waals surface area contributed by atoms with Crippen LogP contribution in [0.15, 0.2) is 0 Å². The van der Waals surface area contributed by atoms with Crippen molar-refractivity contribution in [3.8, 4) is 0 Å². The van der Waals surface area contributed by atoms with Gasteiger partial charge in [0.15, 0.2) is 0 Å². The number of rotatable bonds is 11. The lowest BCUT2D eigenvalue weighted by molar-refractivity contribution is -0.141. The minimum Gasteiger partial charge on any atom is -0.481 e. The normalized spacial score (nSPS) is 14.1. The first-order valence-corrected chi connectivity index (χ1v) is 7.41. The van der Waals surface area contributed by atoms with Gasteiger partial charge in [-0.25, -0.2) is 4.79 Å². The number of hydrogen-bond acceptors (Lipinski definition) is 7. The minimum absolute atomic E-state index is 0.180. The lowest BCUT2D eigenvalue weighted by atomic mass is 10.1. The molecule has 0 rings (SSSR count). The van der Waals surface area contributed by atoms with Crippen molar-refractivity contribution in [2.45, 2.75) is 37.4 Å². The van der Waals surface area contributed by atoms with E-state index in [1.165, 1.54) is 0 Å². The first kappa shape index (κ1) is 21.7. The minimum atomic E-state index is -1.44. The van der Waals surface area contributed by atoms with E-state index in [4.69, 9.17) is 21.7 Å². The summed E-state index contributed by atoms with van der Waals surface area (Å²) in [5.74, 6) is -5.43. The van der Waals surface area contributed by atoms with Gasteiger partial charge in [0, 0.05) is 12.2 Å². The van der Waals surface area contributed by atoms with Crippen LogP contribution in [0, 0.1) is 0 Å². The standard InChI is InChI=1S/C12H20N4O7S/c13-5(1-2-9(18)19)10(20)15-6(3-8(14)17)11(21)16-7(4-24)12(22)23/h5-7,24H,1-4,13H2,(H2,14,17)(H,15,20)(H,16,21)(H,18,19)(H,22,23). The maximum Gasteiger partial charge on any atom is 0.327 e. The van der Waals surface area contributed by atoms with Gasteiger partial charge in [-0.2, -0.15) is 12.6 Å². The first-order chi connectivity index (χ1) is 11.1. The molecule has 0 fully saturated rings. The van der Waals surface area contributed by atoms with E-state index in [2.05, 4.69) is 23.3 Å². The van der Waals surface area contributed by atoms with Gasteiger partial charge in [-0.1, -0.05) is 0 Å². The monoisotopic (exact) mass is 364 g/mol.